The third kappa shape index (κ3) is 7.14. The van der Waals surface area contributed by atoms with Crippen molar-refractivity contribution >= 4 is 11.9 Å². The highest BCUT2D eigenvalue weighted by atomic mass is 16.3. The van der Waals surface area contributed by atoms with Crippen LogP contribution in [-0.2, 0) is 4.79 Å². The fourth-order valence-corrected chi connectivity index (χ4v) is 4.34. The second kappa shape index (κ2) is 11.4. The second-order valence-corrected chi connectivity index (χ2v) is 7.99. The van der Waals surface area contributed by atoms with Gasteiger partial charge in [0.1, 0.15) is 6.54 Å². The van der Waals surface area contributed by atoms with Crippen molar-refractivity contribution in [2.75, 3.05) is 26.2 Å². The number of hydrogen-bond donors (Lipinski definition) is 4. The predicted octanol–water partition coefficient (Wildman–Crippen LogP) is 2.32. The molecule has 0 aromatic heterocycles. The molecule has 0 atom stereocenters. The number of carbonyl (C=O) groups excluding carboxylic acids is 1. The van der Waals surface area contributed by atoms with Crippen molar-refractivity contribution < 1.29 is 9.90 Å². The predicted molar refractivity (Wildman–Crippen MR) is 106 cm³/mol. The molecule has 0 aliphatic heterocycles. The summed E-state index contributed by atoms with van der Waals surface area (Å²) in [5.41, 5.74) is 0.160. The van der Waals surface area contributed by atoms with E-state index in [0.29, 0.717) is 12.0 Å². The summed E-state index contributed by atoms with van der Waals surface area (Å²) in [6.45, 7) is 4.01. The zero-order chi connectivity index (χ0) is 18.7. The van der Waals surface area contributed by atoms with Gasteiger partial charge in [0.15, 0.2) is 5.96 Å². The largest absolute Gasteiger partial charge is 0.396 e. The van der Waals surface area contributed by atoms with Crippen LogP contribution in [0.3, 0.4) is 0 Å². The molecule has 2 aliphatic rings. The average molecular weight is 367 g/mol. The molecule has 6 heteroatoms. The van der Waals surface area contributed by atoms with Crippen molar-refractivity contribution in [3.8, 4) is 0 Å². The van der Waals surface area contributed by atoms with Crippen molar-refractivity contribution in [3.05, 3.63) is 0 Å². The molecule has 4 N–H and O–H groups in total. The summed E-state index contributed by atoms with van der Waals surface area (Å²) in [6.07, 6.45) is 12.8. The molecule has 0 bridgehead atoms. The minimum atomic E-state index is 0.0110. The quantitative estimate of drug-likeness (QED) is 0.392. The van der Waals surface area contributed by atoms with Gasteiger partial charge in [0.2, 0.25) is 5.91 Å². The lowest BCUT2D eigenvalue weighted by molar-refractivity contribution is -0.120. The SMILES string of the molecule is CCNC(=NCC(=O)NC1CCCCC1)NCC1(CCO)CCCCC1. The van der Waals surface area contributed by atoms with E-state index < -0.39 is 0 Å². The Kier molecular flexibility index (Phi) is 9.23. The van der Waals surface area contributed by atoms with E-state index in [4.69, 9.17) is 0 Å². The number of hydrogen-bond acceptors (Lipinski definition) is 3. The zero-order valence-electron chi connectivity index (χ0n) is 16.5. The molecule has 150 valence electrons. The first-order chi connectivity index (χ1) is 12.7. The Morgan fingerprint density at radius 3 is 2.42 bits per heavy atom. The van der Waals surface area contributed by atoms with Crippen LogP contribution >= 0.6 is 0 Å². The highest BCUT2D eigenvalue weighted by Gasteiger charge is 2.31. The molecule has 26 heavy (non-hydrogen) atoms. The first kappa shape index (κ1) is 21.0. The van der Waals surface area contributed by atoms with Gasteiger partial charge in [-0.05, 0) is 44.4 Å². The van der Waals surface area contributed by atoms with Gasteiger partial charge in [-0.2, -0.15) is 0 Å². The Hall–Kier alpha value is -1.30. The highest BCUT2D eigenvalue weighted by Crippen LogP contribution is 2.38. The molecule has 2 aliphatic carbocycles. The number of aliphatic hydroxyl groups excluding tert-OH is 1. The maximum atomic E-state index is 12.2. The molecule has 2 fully saturated rings. The summed E-state index contributed by atoms with van der Waals surface area (Å²) >= 11 is 0. The van der Waals surface area contributed by atoms with Crippen LogP contribution in [0.1, 0.15) is 77.6 Å². The number of amides is 1. The van der Waals surface area contributed by atoms with Gasteiger partial charge in [0.25, 0.3) is 0 Å². The van der Waals surface area contributed by atoms with Crippen LogP contribution in [0.15, 0.2) is 4.99 Å². The topological polar surface area (TPSA) is 85.8 Å². The minimum Gasteiger partial charge on any atom is -0.396 e. The van der Waals surface area contributed by atoms with Gasteiger partial charge in [0.05, 0.1) is 0 Å². The molecule has 2 saturated carbocycles. The summed E-state index contributed by atoms with van der Waals surface area (Å²) in [4.78, 5) is 16.7. The molecular weight excluding hydrogens is 328 g/mol. The Bertz CT molecular complexity index is 436. The number of aliphatic hydroxyl groups is 1. The van der Waals surface area contributed by atoms with Gasteiger partial charge >= 0.3 is 0 Å². The lowest BCUT2D eigenvalue weighted by atomic mass is 9.72. The third-order valence-electron chi connectivity index (χ3n) is 5.88. The molecule has 0 unspecified atom stereocenters. The normalized spacial score (nSPS) is 21.2. The summed E-state index contributed by atoms with van der Waals surface area (Å²) in [6, 6.07) is 0.331. The molecular formula is C20H38N4O2. The number of carbonyl (C=O) groups is 1. The summed E-state index contributed by atoms with van der Waals surface area (Å²) in [7, 11) is 0. The van der Waals surface area contributed by atoms with Crippen molar-refractivity contribution in [1.82, 2.24) is 16.0 Å². The number of nitrogens with one attached hydrogen (secondary N) is 3. The van der Waals surface area contributed by atoms with Crippen LogP contribution in [0.4, 0.5) is 0 Å². The molecule has 0 aromatic carbocycles. The molecule has 0 heterocycles. The average Bonchev–Trinajstić information content (AvgIpc) is 2.66. The van der Waals surface area contributed by atoms with Crippen molar-refractivity contribution in [3.63, 3.8) is 0 Å². The minimum absolute atomic E-state index is 0.0110. The van der Waals surface area contributed by atoms with Crippen molar-refractivity contribution in [1.29, 1.82) is 0 Å². The van der Waals surface area contributed by atoms with Crippen LogP contribution in [0.5, 0.6) is 0 Å². The highest BCUT2D eigenvalue weighted by molar-refractivity contribution is 5.85. The van der Waals surface area contributed by atoms with Crippen LogP contribution < -0.4 is 16.0 Å². The Balaban J connectivity index is 1.83. The summed E-state index contributed by atoms with van der Waals surface area (Å²) in [5.74, 6) is 0.714. The number of guanidine groups is 1. The van der Waals surface area contributed by atoms with Crippen LogP contribution in [0.2, 0.25) is 0 Å². The molecule has 1 amide bonds. The number of aliphatic imine (C=N–C) groups is 1. The van der Waals surface area contributed by atoms with Gasteiger partial charge in [-0.15, -0.1) is 0 Å². The molecule has 0 aromatic rings. The van der Waals surface area contributed by atoms with Gasteiger partial charge in [0, 0.05) is 25.7 Å². The van der Waals surface area contributed by atoms with E-state index in [9.17, 15) is 9.90 Å². The Labute approximate surface area is 158 Å². The van der Waals surface area contributed by atoms with E-state index in [-0.39, 0.29) is 24.5 Å². The van der Waals surface area contributed by atoms with E-state index >= 15 is 0 Å². The molecule has 0 saturated heterocycles. The first-order valence-corrected chi connectivity index (χ1v) is 10.6. The summed E-state index contributed by atoms with van der Waals surface area (Å²) < 4.78 is 0. The van der Waals surface area contributed by atoms with Gasteiger partial charge < -0.3 is 21.1 Å². The van der Waals surface area contributed by atoms with E-state index in [1.165, 1.54) is 38.5 Å². The Morgan fingerprint density at radius 1 is 1.08 bits per heavy atom. The molecule has 0 spiro atoms. The molecule has 6 nitrogen and oxygen atoms in total. The van der Waals surface area contributed by atoms with Gasteiger partial charge in [-0.25, -0.2) is 4.99 Å². The summed E-state index contributed by atoms with van der Waals surface area (Å²) in [5, 5.41) is 19.2. The maximum Gasteiger partial charge on any atom is 0.242 e. The van der Waals surface area contributed by atoms with Crippen molar-refractivity contribution in [2.24, 2.45) is 10.4 Å². The van der Waals surface area contributed by atoms with Crippen LogP contribution in [0, 0.1) is 5.41 Å². The van der Waals surface area contributed by atoms with Gasteiger partial charge in [-0.3, -0.25) is 4.79 Å². The second-order valence-electron chi connectivity index (χ2n) is 7.99. The smallest absolute Gasteiger partial charge is 0.242 e. The van der Waals surface area contributed by atoms with E-state index in [1.54, 1.807) is 0 Å². The molecule has 2 rings (SSSR count). The standard InChI is InChI=1S/C20H38N4O2/c1-2-21-19(22-15-18(26)24-17-9-5-3-6-10-17)23-16-20(13-14-25)11-7-4-8-12-20/h17,25H,2-16H2,1H3,(H,24,26)(H2,21,22,23). The van der Waals surface area contributed by atoms with Crippen molar-refractivity contribution in [2.45, 2.75) is 83.6 Å². The van der Waals surface area contributed by atoms with E-state index in [0.717, 1.165) is 45.2 Å². The fraction of sp³-hybridized carbons (Fsp3) is 0.900. The van der Waals surface area contributed by atoms with Gasteiger partial charge in [-0.1, -0.05) is 38.5 Å². The fourth-order valence-electron chi connectivity index (χ4n) is 4.34. The van der Waals surface area contributed by atoms with Crippen LogP contribution in [0.25, 0.3) is 0 Å². The number of rotatable bonds is 8. The van der Waals surface area contributed by atoms with E-state index in [2.05, 4.69) is 20.9 Å². The lowest BCUT2D eigenvalue weighted by Crippen LogP contribution is -2.45. The monoisotopic (exact) mass is 366 g/mol. The maximum absolute atomic E-state index is 12.2. The number of nitrogens with zero attached hydrogens (tertiary/aromatic N) is 1. The third-order valence-corrected chi connectivity index (χ3v) is 5.88. The Morgan fingerprint density at radius 2 is 1.77 bits per heavy atom. The zero-order valence-corrected chi connectivity index (χ0v) is 16.5. The molecule has 0 radical (unpaired) electrons. The van der Waals surface area contributed by atoms with Crippen LogP contribution in [-0.4, -0.2) is 49.3 Å². The van der Waals surface area contributed by atoms with E-state index in [1.807, 2.05) is 6.92 Å². The first-order valence-electron chi connectivity index (χ1n) is 10.6. The lowest BCUT2D eigenvalue weighted by Gasteiger charge is -2.37.